The van der Waals surface area contributed by atoms with Crippen molar-refractivity contribution in [3.63, 3.8) is 0 Å². The SMILES string of the molecule is CN(C)CC(C)(C)CNC(=O)c1ccc(OC2CCC(Cc3ccc(-c4ccccc4)cc3)CC2)c(Cl)c1. The summed E-state index contributed by atoms with van der Waals surface area (Å²) in [7, 11) is 4.08. The summed E-state index contributed by atoms with van der Waals surface area (Å²) in [5, 5.41) is 3.54. The van der Waals surface area contributed by atoms with E-state index in [0.717, 1.165) is 38.6 Å². The number of amides is 1. The summed E-state index contributed by atoms with van der Waals surface area (Å²) in [6.45, 7) is 5.78. The van der Waals surface area contributed by atoms with E-state index >= 15 is 0 Å². The number of hydrogen-bond acceptors (Lipinski definition) is 3. The fourth-order valence-electron chi connectivity index (χ4n) is 5.50. The van der Waals surface area contributed by atoms with Gasteiger partial charge in [-0.2, -0.15) is 0 Å². The van der Waals surface area contributed by atoms with Gasteiger partial charge in [0.15, 0.2) is 0 Å². The molecule has 1 amide bonds. The number of hydrogen-bond donors (Lipinski definition) is 1. The molecule has 3 aromatic carbocycles. The molecule has 0 atom stereocenters. The van der Waals surface area contributed by atoms with Crippen LogP contribution in [0.4, 0.5) is 0 Å². The third-order valence-electron chi connectivity index (χ3n) is 7.34. The fraction of sp³-hybridized carbons (Fsp3) is 0.424. The van der Waals surface area contributed by atoms with Crippen molar-refractivity contribution in [3.8, 4) is 16.9 Å². The Morgan fingerprint density at radius 3 is 2.24 bits per heavy atom. The molecule has 0 saturated heterocycles. The highest BCUT2D eigenvalue weighted by Gasteiger charge is 2.24. The van der Waals surface area contributed by atoms with Crippen molar-refractivity contribution >= 4 is 17.5 Å². The molecule has 1 N–H and O–H groups in total. The maximum absolute atomic E-state index is 12.7. The zero-order valence-corrected chi connectivity index (χ0v) is 23.9. The van der Waals surface area contributed by atoms with Gasteiger partial charge in [-0.15, -0.1) is 0 Å². The van der Waals surface area contributed by atoms with Crippen LogP contribution in [-0.4, -0.2) is 44.1 Å². The van der Waals surface area contributed by atoms with Crippen molar-refractivity contribution in [2.75, 3.05) is 27.2 Å². The average molecular weight is 533 g/mol. The lowest BCUT2D eigenvalue weighted by Gasteiger charge is -2.29. The van der Waals surface area contributed by atoms with E-state index in [1.54, 1.807) is 12.1 Å². The van der Waals surface area contributed by atoms with E-state index < -0.39 is 0 Å². The van der Waals surface area contributed by atoms with Crippen LogP contribution in [0.15, 0.2) is 72.8 Å². The molecule has 4 rings (SSSR count). The highest BCUT2D eigenvalue weighted by molar-refractivity contribution is 6.32. The van der Waals surface area contributed by atoms with Gasteiger partial charge in [0.05, 0.1) is 11.1 Å². The molecule has 3 aromatic rings. The number of carbonyl (C=O) groups excluding carboxylic acids is 1. The van der Waals surface area contributed by atoms with E-state index in [0.29, 0.717) is 28.8 Å². The first-order valence-corrected chi connectivity index (χ1v) is 14.1. The largest absolute Gasteiger partial charge is 0.489 e. The number of benzene rings is 3. The van der Waals surface area contributed by atoms with E-state index in [4.69, 9.17) is 16.3 Å². The molecule has 202 valence electrons. The van der Waals surface area contributed by atoms with Gasteiger partial charge in [0, 0.05) is 18.7 Å². The third kappa shape index (κ3) is 8.09. The number of nitrogens with one attached hydrogen (secondary N) is 1. The average Bonchev–Trinajstić information content (AvgIpc) is 2.90. The van der Waals surface area contributed by atoms with E-state index in [-0.39, 0.29) is 17.4 Å². The second kappa shape index (κ2) is 12.8. The van der Waals surface area contributed by atoms with Gasteiger partial charge in [-0.3, -0.25) is 4.79 Å². The summed E-state index contributed by atoms with van der Waals surface area (Å²) >= 11 is 6.53. The smallest absolute Gasteiger partial charge is 0.251 e. The molecule has 0 heterocycles. The van der Waals surface area contributed by atoms with Gasteiger partial charge in [0.1, 0.15) is 5.75 Å². The predicted molar refractivity (Wildman–Crippen MR) is 158 cm³/mol. The number of halogens is 1. The molecule has 4 nitrogen and oxygen atoms in total. The van der Waals surface area contributed by atoms with Crippen molar-refractivity contribution in [1.82, 2.24) is 10.2 Å². The second-order valence-electron chi connectivity index (χ2n) is 11.8. The minimum atomic E-state index is -0.109. The zero-order valence-electron chi connectivity index (χ0n) is 23.2. The van der Waals surface area contributed by atoms with Gasteiger partial charge in [-0.05, 0) is 92.4 Å². The predicted octanol–water partition coefficient (Wildman–Crippen LogP) is 7.50. The first-order chi connectivity index (χ1) is 18.2. The molecule has 1 saturated carbocycles. The summed E-state index contributed by atoms with van der Waals surface area (Å²) in [4.78, 5) is 14.8. The fourth-order valence-corrected chi connectivity index (χ4v) is 5.73. The van der Waals surface area contributed by atoms with Crippen LogP contribution in [0.25, 0.3) is 11.1 Å². The van der Waals surface area contributed by atoms with Crippen LogP contribution in [0, 0.1) is 11.3 Å². The van der Waals surface area contributed by atoms with Crippen molar-refractivity contribution in [2.24, 2.45) is 11.3 Å². The highest BCUT2D eigenvalue weighted by atomic mass is 35.5. The Morgan fingerprint density at radius 1 is 0.947 bits per heavy atom. The lowest BCUT2D eigenvalue weighted by atomic mass is 9.83. The Bertz CT molecular complexity index is 1180. The number of ether oxygens (including phenoxy) is 1. The van der Waals surface area contributed by atoms with E-state index in [1.807, 2.05) is 20.2 Å². The molecule has 1 aliphatic carbocycles. The standard InChI is InChI=1S/C33H41ClN2O2/c1-33(2,23-36(3)4)22-35-32(37)28-16-19-31(30(34)21-28)38-29-17-12-25(13-18-29)20-24-10-14-27(15-11-24)26-8-6-5-7-9-26/h5-11,14-16,19,21,25,29H,12-13,17-18,20,22-23H2,1-4H3,(H,35,37). The van der Waals surface area contributed by atoms with Crippen molar-refractivity contribution in [1.29, 1.82) is 0 Å². The van der Waals surface area contributed by atoms with Crippen LogP contribution in [0.5, 0.6) is 5.75 Å². The van der Waals surface area contributed by atoms with Crippen LogP contribution in [0.3, 0.4) is 0 Å². The van der Waals surface area contributed by atoms with Crippen LogP contribution in [-0.2, 0) is 6.42 Å². The summed E-state index contributed by atoms with van der Waals surface area (Å²) in [5.41, 5.74) is 4.46. The normalized spacial score (nSPS) is 17.8. The summed E-state index contributed by atoms with van der Waals surface area (Å²) in [6, 6.07) is 24.9. The Hall–Kier alpha value is -2.82. The molecular formula is C33H41ClN2O2. The monoisotopic (exact) mass is 532 g/mol. The number of rotatable bonds is 10. The van der Waals surface area contributed by atoms with Crippen molar-refractivity contribution in [3.05, 3.63) is 88.9 Å². The summed E-state index contributed by atoms with van der Waals surface area (Å²) in [6.07, 6.45) is 5.60. The second-order valence-corrected chi connectivity index (χ2v) is 12.2. The van der Waals surface area contributed by atoms with Gasteiger partial charge in [-0.1, -0.05) is 80.0 Å². The minimum absolute atomic E-state index is 0.0174. The number of carbonyl (C=O) groups is 1. The highest BCUT2D eigenvalue weighted by Crippen LogP contribution is 2.33. The maximum Gasteiger partial charge on any atom is 0.251 e. The third-order valence-corrected chi connectivity index (χ3v) is 7.63. The van der Waals surface area contributed by atoms with Crippen LogP contribution in [0.2, 0.25) is 5.02 Å². The molecule has 38 heavy (non-hydrogen) atoms. The first kappa shape index (κ1) is 28.2. The van der Waals surface area contributed by atoms with Gasteiger partial charge in [0.25, 0.3) is 5.91 Å². The van der Waals surface area contributed by atoms with Gasteiger partial charge in [-0.25, -0.2) is 0 Å². The maximum atomic E-state index is 12.7. The number of nitrogens with zero attached hydrogens (tertiary/aromatic N) is 1. The summed E-state index contributed by atoms with van der Waals surface area (Å²) in [5.74, 6) is 1.23. The first-order valence-electron chi connectivity index (χ1n) is 13.7. The molecule has 0 unspecified atom stereocenters. The van der Waals surface area contributed by atoms with Crippen molar-refractivity contribution in [2.45, 2.75) is 52.1 Å². The van der Waals surface area contributed by atoms with Gasteiger partial charge >= 0.3 is 0 Å². The quantitative estimate of drug-likeness (QED) is 0.294. The van der Waals surface area contributed by atoms with E-state index in [2.05, 4.69) is 78.7 Å². The van der Waals surface area contributed by atoms with Crippen molar-refractivity contribution < 1.29 is 9.53 Å². The zero-order chi connectivity index (χ0) is 27.1. The van der Waals surface area contributed by atoms with Crippen LogP contribution < -0.4 is 10.1 Å². The molecule has 0 bridgehead atoms. The molecule has 0 spiro atoms. The Kier molecular flexibility index (Phi) is 9.51. The van der Waals surface area contributed by atoms with Crippen LogP contribution in [0.1, 0.15) is 55.5 Å². The van der Waals surface area contributed by atoms with Crippen LogP contribution >= 0.6 is 11.6 Å². The Labute approximate surface area is 233 Å². The van der Waals surface area contributed by atoms with Gasteiger partial charge in [0.2, 0.25) is 0 Å². The lowest BCUT2D eigenvalue weighted by Crippen LogP contribution is -2.39. The molecular weight excluding hydrogens is 492 g/mol. The molecule has 0 radical (unpaired) electrons. The molecule has 0 aliphatic heterocycles. The topological polar surface area (TPSA) is 41.6 Å². The molecule has 5 heteroatoms. The van der Waals surface area contributed by atoms with E-state index in [1.165, 1.54) is 16.7 Å². The summed E-state index contributed by atoms with van der Waals surface area (Å²) < 4.78 is 6.27. The van der Waals surface area contributed by atoms with E-state index in [9.17, 15) is 4.79 Å². The molecule has 0 aromatic heterocycles. The Balaban J connectivity index is 1.24. The minimum Gasteiger partial charge on any atom is -0.489 e. The Morgan fingerprint density at radius 2 is 1.61 bits per heavy atom. The molecule has 1 aliphatic rings. The van der Waals surface area contributed by atoms with Gasteiger partial charge < -0.3 is 15.0 Å². The molecule has 1 fully saturated rings. The lowest BCUT2D eigenvalue weighted by molar-refractivity contribution is 0.0929.